The Balaban J connectivity index is 2.63. The van der Waals surface area contributed by atoms with Crippen molar-refractivity contribution in [3.05, 3.63) is 58.7 Å². The summed E-state index contributed by atoms with van der Waals surface area (Å²) in [5, 5.41) is 22.5. The molecule has 2 aromatic rings. The molecule has 154 valence electrons. The summed E-state index contributed by atoms with van der Waals surface area (Å²) in [4.78, 5) is 12.5. The summed E-state index contributed by atoms with van der Waals surface area (Å²) in [7, 11) is 0. The summed E-state index contributed by atoms with van der Waals surface area (Å²) >= 11 is 0. The number of nitriles is 1. The third kappa shape index (κ3) is 4.71. The molecule has 0 aromatic heterocycles. The van der Waals surface area contributed by atoms with Gasteiger partial charge in [0.2, 0.25) is 0 Å². The van der Waals surface area contributed by atoms with Crippen LogP contribution in [-0.2, 0) is 10.3 Å². The van der Waals surface area contributed by atoms with E-state index >= 15 is 0 Å². The normalized spacial score (nSPS) is 13.1. The Morgan fingerprint density at radius 2 is 1.83 bits per heavy atom. The lowest BCUT2D eigenvalue weighted by atomic mass is 9.81. The van der Waals surface area contributed by atoms with Gasteiger partial charge in [0.15, 0.2) is 5.54 Å². The molecule has 0 saturated carbocycles. The van der Waals surface area contributed by atoms with Gasteiger partial charge in [-0.1, -0.05) is 20.8 Å². The molecule has 0 fully saturated rings. The minimum absolute atomic E-state index is 0.0323. The van der Waals surface area contributed by atoms with Crippen LogP contribution in [0.3, 0.4) is 0 Å². The summed E-state index contributed by atoms with van der Waals surface area (Å²) in [5.74, 6) is 0.0334. The smallest absolute Gasteiger partial charge is 0.334 e. The number of ether oxygens (including phenoxy) is 1. The standard InChI is InChI=1S/C24H30N2O3/c1-7-24(23(27)28,26-19-10-8-18(14-25)9-11-19)21-13-20(15(2)3)22(12-17(21)6)29-16(4)5/h8-13,15-16,26H,7H2,1-6H3,(H,27,28). The van der Waals surface area contributed by atoms with Crippen LogP contribution >= 0.6 is 0 Å². The van der Waals surface area contributed by atoms with Crippen molar-refractivity contribution in [1.82, 2.24) is 0 Å². The fourth-order valence-corrected chi connectivity index (χ4v) is 3.51. The molecule has 2 aromatic carbocycles. The number of carbonyl (C=O) groups is 1. The van der Waals surface area contributed by atoms with Crippen LogP contribution in [0.4, 0.5) is 5.69 Å². The third-order valence-corrected chi connectivity index (χ3v) is 5.07. The van der Waals surface area contributed by atoms with E-state index in [9.17, 15) is 9.90 Å². The topological polar surface area (TPSA) is 82.4 Å². The number of carboxylic acids is 1. The number of carboxylic acid groups (broad SMARTS) is 1. The summed E-state index contributed by atoms with van der Waals surface area (Å²) in [6, 6.07) is 12.8. The van der Waals surface area contributed by atoms with Gasteiger partial charge in [-0.2, -0.15) is 5.26 Å². The first-order chi connectivity index (χ1) is 13.6. The van der Waals surface area contributed by atoms with E-state index in [0.717, 1.165) is 22.4 Å². The number of benzene rings is 2. The minimum atomic E-state index is -1.29. The van der Waals surface area contributed by atoms with Crippen molar-refractivity contribution in [3.63, 3.8) is 0 Å². The highest BCUT2D eigenvalue weighted by Gasteiger charge is 2.40. The van der Waals surface area contributed by atoms with Crippen LogP contribution in [0.25, 0.3) is 0 Å². The number of nitrogens with zero attached hydrogens (tertiary/aromatic N) is 1. The second kappa shape index (κ2) is 9.00. The number of anilines is 1. The summed E-state index contributed by atoms with van der Waals surface area (Å²) in [5.41, 5.74) is 2.45. The zero-order valence-corrected chi connectivity index (χ0v) is 18.0. The predicted octanol–water partition coefficient (Wildman–Crippen LogP) is 5.58. The lowest BCUT2D eigenvalue weighted by molar-refractivity contribution is -0.142. The molecule has 0 heterocycles. The fraction of sp³-hybridized carbons (Fsp3) is 0.417. The van der Waals surface area contributed by atoms with E-state index in [2.05, 4.69) is 25.2 Å². The van der Waals surface area contributed by atoms with Crippen LogP contribution in [0.5, 0.6) is 5.75 Å². The quantitative estimate of drug-likeness (QED) is 0.611. The Labute approximate surface area is 173 Å². The molecule has 0 bridgehead atoms. The van der Waals surface area contributed by atoms with Crippen LogP contribution in [0.15, 0.2) is 36.4 Å². The largest absolute Gasteiger partial charge is 0.491 e. The minimum Gasteiger partial charge on any atom is -0.491 e. The first kappa shape index (κ1) is 22.3. The van der Waals surface area contributed by atoms with Crippen LogP contribution in [-0.4, -0.2) is 17.2 Å². The van der Waals surface area contributed by atoms with E-state index in [-0.39, 0.29) is 12.0 Å². The molecule has 0 aliphatic heterocycles. The van der Waals surface area contributed by atoms with Crippen LogP contribution in [0.2, 0.25) is 0 Å². The maximum absolute atomic E-state index is 12.5. The van der Waals surface area contributed by atoms with E-state index in [4.69, 9.17) is 10.00 Å². The van der Waals surface area contributed by atoms with Gasteiger partial charge in [0.25, 0.3) is 0 Å². The van der Waals surface area contributed by atoms with E-state index in [1.807, 2.05) is 39.8 Å². The first-order valence-corrected chi connectivity index (χ1v) is 9.98. The maximum Gasteiger partial charge on any atom is 0.334 e. The number of nitrogens with one attached hydrogen (secondary N) is 1. The monoisotopic (exact) mass is 394 g/mol. The van der Waals surface area contributed by atoms with Gasteiger partial charge in [0.05, 0.1) is 17.7 Å². The van der Waals surface area contributed by atoms with Crippen molar-refractivity contribution in [2.45, 2.75) is 65.5 Å². The molecule has 5 nitrogen and oxygen atoms in total. The van der Waals surface area contributed by atoms with Crippen molar-refractivity contribution in [1.29, 1.82) is 5.26 Å². The molecule has 2 rings (SSSR count). The highest BCUT2D eigenvalue weighted by atomic mass is 16.5. The predicted molar refractivity (Wildman–Crippen MR) is 115 cm³/mol. The van der Waals surface area contributed by atoms with Crippen LogP contribution < -0.4 is 10.1 Å². The molecular weight excluding hydrogens is 364 g/mol. The van der Waals surface area contributed by atoms with Gasteiger partial charge < -0.3 is 15.2 Å². The van der Waals surface area contributed by atoms with Gasteiger partial charge >= 0.3 is 5.97 Å². The van der Waals surface area contributed by atoms with Gasteiger partial charge in [-0.05, 0) is 86.2 Å². The second-order valence-corrected chi connectivity index (χ2v) is 7.90. The van der Waals surface area contributed by atoms with E-state index in [1.165, 1.54) is 0 Å². The van der Waals surface area contributed by atoms with Gasteiger partial charge in [0.1, 0.15) is 5.75 Å². The number of hydrogen-bond donors (Lipinski definition) is 2. The molecule has 29 heavy (non-hydrogen) atoms. The molecule has 2 N–H and O–H groups in total. The molecule has 5 heteroatoms. The van der Waals surface area contributed by atoms with Crippen molar-refractivity contribution in [2.24, 2.45) is 0 Å². The van der Waals surface area contributed by atoms with Crippen LogP contribution in [0, 0.1) is 18.3 Å². The molecular formula is C24H30N2O3. The Bertz CT molecular complexity index is 911. The Morgan fingerprint density at radius 1 is 1.21 bits per heavy atom. The molecule has 0 saturated heterocycles. The Kier molecular flexibility index (Phi) is 6.92. The van der Waals surface area contributed by atoms with E-state index in [0.29, 0.717) is 17.7 Å². The second-order valence-electron chi connectivity index (χ2n) is 7.90. The van der Waals surface area contributed by atoms with Crippen LogP contribution in [0.1, 0.15) is 69.2 Å². The SMILES string of the molecule is CCC(Nc1ccc(C#N)cc1)(C(=O)O)c1cc(C(C)C)c(OC(C)C)cc1C. The fourth-order valence-electron chi connectivity index (χ4n) is 3.51. The average molecular weight is 395 g/mol. The third-order valence-electron chi connectivity index (χ3n) is 5.07. The van der Waals surface area contributed by atoms with E-state index < -0.39 is 11.5 Å². The van der Waals surface area contributed by atoms with Crippen molar-refractivity contribution < 1.29 is 14.6 Å². The molecule has 0 aliphatic carbocycles. The first-order valence-electron chi connectivity index (χ1n) is 9.98. The number of hydrogen-bond acceptors (Lipinski definition) is 4. The number of rotatable bonds is 8. The molecule has 0 radical (unpaired) electrons. The molecule has 0 aliphatic rings. The summed E-state index contributed by atoms with van der Waals surface area (Å²) in [6.07, 6.45) is 0.385. The average Bonchev–Trinajstić information content (AvgIpc) is 2.66. The molecule has 1 atom stereocenters. The zero-order chi connectivity index (χ0) is 21.8. The highest BCUT2D eigenvalue weighted by Crippen LogP contribution is 2.38. The van der Waals surface area contributed by atoms with Gasteiger partial charge in [0, 0.05) is 5.69 Å². The summed E-state index contributed by atoms with van der Waals surface area (Å²) in [6.45, 7) is 11.9. The zero-order valence-electron chi connectivity index (χ0n) is 18.0. The lowest BCUT2D eigenvalue weighted by Crippen LogP contribution is -2.43. The molecule has 0 amide bonds. The molecule has 1 unspecified atom stereocenters. The lowest BCUT2D eigenvalue weighted by Gasteiger charge is -2.33. The van der Waals surface area contributed by atoms with Gasteiger partial charge in [-0.3, -0.25) is 0 Å². The maximum atomic E-state index is 12.5. The Morgan fingerprint density at radius 3 is 2.28 bits per heavy atom. The highest BCUT2D eigenvalue weighted by molar-refractivity contribution is 5.85. The molecule has 0 spiro atoms. The van der Waals surface area contributed by atoms with Gasteiger partial charge in [-0.15, -0.1) is 0 Å². The van der Waals surface area contributed by atoms with E-state index in [1.54, 1.807) is 24.3 Å². The summed E-state index contributed by atoms with van der Waals surface area (Å²) < 4.78 is 5.99. The number of aliphatic carboxylic acids is 1. The van der Waals surface area contributed by atoms with Crippen molar-refractivity contribution >= 4 is 11.7 Å². The number of aryl methyl sites for hydroxylation is 1. The van der Waals surface area contributed by atoms with Gasteiger partial charge in [-0.25, -0.2) is 4.79 Å². The Hall–Kier alpha value is -3.00. The van der Waals surface area contributed by atoms with Crippen molar-refractivity contribution in [2.75, 3.05) is 5.32 Å². The van der Waals surface area contributed by atoms with Crippen molar-refractivity contribution in [3.8, 4) is 11.8 Å².